The van der Waals surface area contributed by atoms with Crippen LogP contribution in [0.3, 0.4) is 0 Å². The van der Waals surface area contributed by atoms with Crippen molar-refractivity contribution in [1.82, 2.24) is 0 Å². The Labute approximate surface area is 84.5 Å². The summed E-state index contributed by atoms with van der Waals surface area (Å²) >= 11 is 0. The first-order valence-corrected chi connectivity index (χ1v) is 4.98. The highest BCUT2D eigenvalue weighted by Crippen LogP contribution is 2.19. The molecule has 0 bridgehead atoms. The fourth-order valence-corrected chi connectivity index (χ4v) is 1.77. The Hall–Kier alpha value is -1.22. The molecule has 2 rings (SSSR count). The van der Waals surface area contributed by atoms with Gasteiger partial charge in [-0.3, -0.25) is 0 Å². The Bertz CT molecular complexity index is 314. The molecule has 0 amide bonds. The molecule has 0 aliphatic carbocycles. The smallest absolute Gasteiger partial charge is 0.0722 e. The van der Waals surface area contributed by atoms with E-state index in [-0.39, 0.29) is 0 Å². The number of rotatable bonds is 1. The lowest BCUT2D eigenvalue weighted by atomic mass is 10.2. The van der Waals surface area contributed by atoms with Crippen LogP contribution >= 0.6 is 0 Å². The minimum absolute atomic E-state index is 0.310. The third-order valence-electron chi connectivity index (χ3n) is 2.48. The van der Waals surface area contributed by atoms with Crippen LogP contribution in [0.2, 0.25) is 0 Å². The second-order valence-electron chi connectivity index (χ2n) is 3.72. The quantitative estimate of drug-likeness (QED) is 0.685. The molecule has 1 aliphatic rings. The first-order valence-electron chi connectivity index (χ1n) is 4.98. The summed E-state index contributed by atoms with van der Waals surface area (Å²) in [6, 6.07) is 8.00. The molecule has 0 aromatic heterocycles. The van der Waals surface area contributed by atoms with E-state index >= 15 is 0 Å². The van der Waals surface area contributed by atoms with Crippen molar-refractivity contribution in [3.63, 3.8) is 0 Å². The highest BCUT2D eigenvalue weighted by atomic mass is 16.5. The van der Waals surface area contributed by atoms with Gasteiger partial charge in [0, 0.05) is 24.5 Å². The fourth-order valence-electron chi connectivity index (χ4n) is 1.77. The van der Waals surface area contributed by atoms with Gasteiger partial charge in [0.15, 0.2) is 0 Å². The van der Waals surface area contributed by atoms with E-state index in [0.29, 0.717) is 6.10 Å². The summed E-state index contributed by atoms with van der Waals surface area (Å²) in [6.07, 6.45) is 0.310. The molecule has 1 fully saturated rings. The molecule has 1 heterocycles. The molecule has 1 atom stereocenters. The molecule has 3 heteroatoms. The molecular formula is C11H16N2O. The van der Waals surface area contributed by atoms with Crippen molar-refractivity contribution in [2.75, 3.05) is 30.3 Å². The van der Waals surface area contributed by atoms with Gasteiger partial charge in [0.2, 0.25) is 0 Å². The number of nitrogen functional groups attached to an aromatic ring is 1. The zero-order chi connectivity index (χ0) is 9.97. The van der Waals surface area contributed by atoms with E-state index < -0.39 is 0 Å². The highest BCUT2D eigenvalue weighted by Gasteiger charge is 2.16. The third kappa shape index (κ3) is 1.99. The maximum Gasteiger partial charge on any atom is 0.0722 e. The zero-order valence-electron chi connectivity index (χ0n) is 8.44. The van der Waals surface area contributed by atoms with Crippen molar-refractivity contribution in [1.29, 1.82) is 0 Å². The van der Waals surface area contributed by atoms with Crippen LogP contribution in [0.4, 0.5) is 11.4 Å². The zero-order valence-corrected chi connectivity index (χ0v) is 8.44. The minimum Gasteiger partial charge on any atom is -0.399 e. The van der Waals surface area contributed by atoms with Gasteiger partial charge in [-0.05, 0) is 25.1 Å². The Morgan fingerprint density at radius 1 is 1.50 bits per heavy atom. The normalized spacial score (nSPS) is 22.4. The molecule has 1 aliphatic heterocycles. The van der Waals surface area contributed by atoms with E-state index in [4.69, 9.17) is 10.5 Å². The van der Waals surface area contributed by atoms with Crippen molar-refractivity contribution < 1.29 is 4.74 Å². The molecule has 76 valence electrons. The molecule has 1 saturated heterocycles. The number of hydrogen-bond donors (Lipinski definition) is 1. The van der Waals surface area contributed by atoms with Gasteiger partial charge >= 0.3 is 0 Å². The summed E-state index contributed by atoms with van der Waals surface area (Å²) in [5.41, 5.74) is 7.76. The first kappa shape index (κ1) is 9.34. The molecule has 0 spiro atoms. The Kier molecular flexibility index (Phi) is 2.59. The maximum absolute atomic E-state index is 5.74. The van der Waals surface area contributed by atoms with E-state index in [0.717, 1.165) is 25.4 Å². The van der Waals surface area contributed by atoms with Crippen molar-refractivity contribution in [3.8, 4) is 0 Å². The van der Waals surface area contributed by atoms with Crippen LogP contribution in [0, 0.1) is 0 Å². The topological polar surface area (TPSA) is 38.5 Å². The summed E-state index contributed by atoms with van der Waals surface area (Å²) in [4.78, 5) is 2.31. The van der Waals surface area contributed by atoms with E-state index in [1.54, 1.807) is 0 Å². The van der Waals surface area contributed by atoms with Crippen molar-refractivity contribution in [2.24, 2.45) is 0 Å². The van der Waals surface area contributed by atoms with Gasteiger partial charge in [0.1, 0.15) is 0 Å². The van der Waals surface area contributed by atoms with Crippen LogP contribution in [-0.4, -0.2) is 25.8 Å². The predicted octanol–water partition coefficient (Wildman–Crippen LogP) is 1.49. The standard InChI is InChI=1S/C11H16N2O/c1-9-8-13(5-6-14-9)11-4-2-3-10(12)7-11/h2-4,7,9H,5-6,8,12H2,1H3/t9-/m1/s1. The van der Waals surface area contributed by atoms with E-state index in [9.17, 15) is 0 Å². The Morgan fingerprint density at radius 2 is 2.36 bits per heavy atom. The Balaban J connectivity index is 2.14. The average Bonchev–Trinajstić information content (AvgIpc) is 2.18. The van der Waals surface area contributed by atoms with E-state index in [2.05, 4.69) is 17.9 Å². The number of morpholine rings is 1. The molecule has 0 radical (unpaired) electrons. The average molecular weight is 192 g/mol. The van der Waals surface area contributed by atoms with Crippen LogP contribution < -0.4 is 10.6 Å². The molecule has 2 N–H and O–H groups in total. The van der Waals surface area contributed by atoms with Crippen LogP contribution in [0.15, 0.2) is 24.3 Å². The van der Waals surface area contributed by atoms with Gasteiger partial charge in [-0.15, -0.1) is 0 Å². The number of nitrogens with two attached hydrogens (primary N) is 1. The van der Waals surface area contributed by atoms with Crippen LogP contribution in [0.5, 0.6) is 0 Å². The van der Waals surface area contributed by atoms with Crippen molar-refractivity contribution >= 4 is 11.4 Å². The lowest BCUT2D eigenvalue weighted by molar-refractivity contribution is 0.0532. The number of nitrogens with zero attached hydrogens (tertiary/aromatic N) is 1. The predicted molar refractivity (Wildman–Crippen MR) is 58.5 cm³/mol. The summed E-state index contributed by atoms with van der Waals surface area (Å²) < 4.78 is 5.49. The lowest BCUT2D eigenvalue weighted by Gasteiger charge is -2.33. The second-order valence-corrected chi connectivity index (χ2v) is 3.72. The van der Waals surface area contributed by atoms with E-state index in [1.165, 1.54) is 5.69 Å². The first-order chi connectivity index (χ1) is 6.75. The highest BCUT2D eigenvalue weighted by molar-refractivity contribution is 5.56. The maximum atomic E-state index is 5.74. The van der Waals surface area contributed by atoms with Gasteiger partial charge in [0.25, 0.3) is 0 Å². The van der Waals surface area contributed by atoms with Gasteiger partial charge in [-0.1, -0.05) is 6.07 Å². The SMILES string of the molecule is C[C@@H]1CN(c2cccc(N)c2)CCO1. The third-order valence-corrected chi connectivity index (χ3v) is 2.48. The fraction of sp³-hybridized carbons (Fsp3) is 0.455. The number of benzene rings is 1. The number of anilines is 2. The summed E-state index contributed by atoms with van der Waals surface area (Å²) in [5, 5.41) is 0. The van der Waals surface area contributed by atoms with Gasteiger partial charge < -0.3 is 15.4 Å². The summed E-state index contributed by atoms with van der Waals surface area (Å²) in [6.45, 7) is 4.80. The van der Waals surface area contributed by atoms with E-state index in [1.807, 2.05) is 18.2 Å². The van der Waals surface area contributed by atoms with Crippen LogP contribution in [0.1, 0.15) is 6.92 Å². The van der Waals surface area contributed by atoms with Crippen molar-refractivity contribution in [3.05, 3.63) is 24.3 Å². The van der Waals surface area contributed by atoms with Crippen molar-refractivity contribution in [2.45, 2.75) is 13.0 Å². The minimum atomic E-state index is 0.310. The largest absolute Gasteiger partial charge is 0.399 e. The lowest BCUT2D eigenvalue weighted by Crippen LogP contribution is -2.41. The van der Waals surface area contributed by atoms with Gasteiger partial charge in [0.05, 0.1) is 12.7 Å². The molecule has 14 heavy (non-hydrogen) atoms. The molecular weight excluding hydrogens is 176 g/mol. The molecule has 1 aromatic carbocycles. The summed E-state index contributed by atoms with van der Waals surface area (Å²) in [7, 11) is 0. The molecule has 0 saturated carbocycles. The summed E-state index contributed by atoms with van der Waals surface area (Å²) in [5.74, 6) is 0. The Morgan fingerprint density at radius 3 is 3.07 bits per heavy atom. The molecule has 1 aromatic rings. The van der Waals surface area contributed by atoms with Gasteiger partial charge in [-0.2, -0.15) is 0 Å². The van der Waals surface area contributed by atoms with Crippen LogP contribution in [0.25, 0.3) is 0 Å². The number of ether oxygens (including phenoxy) is 1. The second kappa shape index (κ2) is 3.88. The monoisotopic (exact) mass is 192 g/mol. The number of hydrogen-bond acceptors (Lipinski definition) is 3. The molecule has 3 nitrogen and oxygen atoms in total. The van der Waals surface area contributed by atoms with Gasteiger partial charge in [-0.25, -0.2) is 0 Å². The van der Waals surface area contributed by atoms with Crippen LogP contribution in [-0.2, 0) is 4.74 Å². The molecule has 0 unspecified atom stereocenters.